The number of nitriles is 1. The highest BCUT2D eigenvalue weighted by molar-refractivity contribution is 5.93. The molecule has 1 saturated carbocycles. The number of aromatic nitrogens is 1. The standard InChI is InChI=1S/C26H28F2N4O4/c1-25(2,3)36-24(34)32-11-9-21(26(27,28)15-32)35-20-7-6-17(12-19(20)14-29)18-8-10-30-22(13-18)31-23(33)16-4-5-16/h6-8,10,12-13,16,21H,4-5,9,11,15H2,1-3H3,(H,30,31,33)/t21-/m0/s1. The Hall–Kier alpha value is -3.74. The summed E-state index contributed by atoms with van der Waals surface area (Å²) in [4.78, 5) is 29.4. The number of halogens is 2. The average molecular weight is 499 g/mol. The molecule has 10 heteroatoms. The van der Waals surface area contributed by atoms with Crippen LogP contribution in [0.4, 0.5) is 19.4 Å². The molecule has 1 saturated heterocycles. The summed E-state index contributed by atoms with van der Waals surface area (Å²) < 4.78 is 40.6. The molecule has 0 unspecified atom stereocenters. The lowest BCUT2D eigenvalue weighted by molar-refractivity contribution is -0.137. The number of ether oxygens (including phenoxy) is 2. The first kappa shape index (κ1) is 25.4. The van der Waals surface area contributed by atoms with Crippen LogP contribution in [0.3, 0.4) is 0 Å². The molecular formula is C26H28F2N4O4. The summed E-state index contributed by atoms with van der Waals surface area (Å²) in [5.74, 6) is -2.93. The van der Waals surface area contributed by atoms with Crippen LogP contribution in [0, 0.1) is 17.2 Å². The number of hydrogen-bond acceptors (Lipinski definition) is 6. The van der Waals surface area contributed by atoms with E-state index in [0.717, 1.165) is 17.7 Å². The molecule has 1 aromatic heterocycles. The molecule has 2 heterocycles. The topological polar surface area (TPSA) is 105 Å². The average Bonchev–Trinajstić information content (AvgIpc) is 3.65. The van der Waals surface area contributed by atoms with Crippen molar-refractivity contribution in [2.75, 3.05) is 18.4 Å². The van der Waals surface area contributed by atoms with Gasteiger partial charge in [-0.25, -0.2) is 18.6 Å². The molecule has 4 rings (SSSR count). The predicted octanol–water partition coefficient (Wildman–Crippen LogP) is 4.99. The molecular weight excluding hydrogens is 470 g/mol. The van der Waals surface area contributed by atoms with Gasteiger partial charge in [0.1, 0.15) is 23.2 Å². The summed E-state index contributed by atoms with van der Waals surface area (Å²) in [5, 5.41) is 12.4. The molecule has 2 amide bonds. The number of amides is 2. The van der Waals surface area contributed by atoms with E-state index in [4.69, 9.17) is 9.47 Å². The van der Waals surface area contributed by atoms with Gasteiger partial charge in [0.2, 0.25) is 5.91 Å². The van der Waals surface area contributed by atoms with E-state index in [1.54, 1.807) is 51.2 Å². The summed E-state index contributed by atoms with van der Waals surface area (Å²) in [6.45, 7) is 4.22. The van der Waals surface area contributed by atoms with E-state index in [1.165, 1.54) is 6.07 Å². The number of carbonyl (C=O) groups is 2. The van der Waals surface area contributed by atoms with Crippen LogP contribution in [0.15, 0.2) is 36.5 Å². The lowest BCUT2D eigenvalue weighted by Crippen LogP contribution is -2.56. The van der Waals surface area contributed by atoms with Crippen LogP contribution < -0.4 is 10.1 Å². The van der Waals surface area contributed by atoms with Gasteiger partial charge >= 0.3 is 12.0 Å². The fourth-order valence-electron chi connectivity index (χ4n) is 3.85. The number of carbonyl (C=O) groups excluding carboxylic acids is 2. The maximum Gasteiger partial charge on any atom is 0.410 e. The van der Waals surface area contributed by atoms with Crippen LogP contribution in [0.2, 0.25) is 0 Å². The van der Waals surface area contributed by atoms with E-state index < -0.39 is 30.3 Å². The lowest BCUT2D eigenvalue weighted by Gasteiger charge is -2.38. The van der Waals surface area contributed by atoms with Crippen LogP contribution >= 0.6 is 0 Å². The minimum absolute atomic E-state index is 0.0335. The van der Waals surface area contributed by atoms with Gasteiger partial charge in [0.05, 0.1) is 12.1 Å². The summed E-state index contributed by atoms with van der Waals surface area (Å²) in [7, 11) is 0. The van der Waals surface area contributed by atoms with Gasteiger partial charge in [-0.1, -0.05) is 6.07 Å². The maximum absolute atomic E-state index is 14.9. The normalized spacial score (nSPS) is 19.2. The van der Waals surface area contributed by atoms with Crippen LogP contribution in [0.1, 0.15) is 45.6 Å². The van der Waals surface area contributed by atoms with Crippen molar-refractivity contribution in [1.29, 1.82) is 5.26 Å². The zero-order chi connectivity index (χ0) is 26.1. The summed E-state index contributed by atoms with van der Waals surface area (Å²) in [6.07, 6.45) is 0.877. The third-order valence-electron chi connectivity index (χ3n) is 5.85. The second-order valence-electron chi connectivity index (χ2n) is 10.1. The monoisotopic (exact) mass is 498 g/mol. The van der Waals surface area contributed by atoms with Crippen molar-refractivity contribution < 1.29 is 27.8 Å². The Labute approximate surface area is 208 Å². The highest BCUT2D eigenvalue weighted by atomic mass is 19.3. The first-order valence-electron chi connectivity index (χ1n) is 11.8. The van der Waals surface area contributed by atoms with Gasteiger partial charge < -0.3 is 19.7 Å². The lowest BCUT2D eigenvalue weighted by atomic mass is 10.0. The third kappa shape index (κ3) is 6.08. The first-order chi connectivity index (χ1) is 16.9. The van der Waals surface area contributed by atoms with Gasteiger partial charge in [-0.2, -0.15) is 5.26 Å². The number of pyridine rings is 1. The van der Waals surface area contributed by atoms with Crippen LogP contribution in [-0.4, -0.2) is 52.6 Å². The van der Waals surface area contributed by atoms with E-state index in [1.807, 2.05) is 6.07 Å². The Bertz CT molecular complexity index is 1200. The number of likely N-dealkylation sites (tertiary alicyclic amines) is 1. The van der Waals surface area contributed by atoms with Crippen molar-refractivity contribution in [3.63, 3.8) is 0 Å². The fraction of sp³-hybridized carbons (Fsp3) is 0.462. The molecule has 2 aliphatic rings. The van der Waals surface area contributed by atoms with Crippen molar-refractivity contribution >= 4 is 17.8 Å². The van der Waals surface area contributed by atoms with Crippen LogP contribution in [0.25, 0.3) is 11.1 Å². The van der Waals surface area contributed by atoms with Gasteiger partial charge in [0, 0.05) is 25.1 Å². The molecule has 0 spiro atoms. The number of anilines is 1. The maximum atomic E-state index is 14.9. The van der Waals surface area contributed by atoms with E-state index in [0.29, 0.717) is 16.9 Å². The Balaban J connectivity index is 1.46. The van der Waals surface area contributed by atoms with Gasteiger partial charge in [-0.05, 0) is 69.0 Å². The Morgan fingerprint density at radius 2 is 1.89 bits per heavy atom. The van der Waals surface area contributed by atoms with E-state index in [2.05, 4.69) is 10.3 Å². The summed E-state index contributed by atoms with van der Waals surface area (Å²) >= 11 is 0. The molecule has 1 aliphatic carbocycles. The zero-order valence-corrected chi connectivity index (χ0v) is 20.4. The minimum atomic E-state index is -3.33. The number of hydrogen-bond donors (Lipinski definition) is 1. The quantitative estimate of drug-likeness (QED) is 0.623. The largest absolute Gasteiger partial charge is 0.483 e. The Kier molecular flexibility index (Phi) is 6.85. The van der Waals surface area contributed by atoms with Gasteiger partial charge in [0.15, 0.2) is 6.10 Å². The molecule has 190 valence electrons. The molecule has 2 aromatic rings. The Morgan fingerprint density at radius 3 is 2.53 bits per heavy atom. The van der Waals surface area contributed by atoms with Gasteiger partial charge in [0.25, 0.3) is 0 Å². The van der Waals surface area contributed by atoms with Crippen molar-refractivity contribution in [2.24, 2.45) is 5.92 Å². The second-order valence-corrected chi connectivity index (χ2v) is 10.1. The smallest absolute Gasteiger partial charge is 0.410 e. The summed E-state index contributed by atoms with van der Waals surface area (Å²) in [6, 6.07) is 10.1. The second kappa shape index (κ2) is 9.72. The van der Waals surface area contributed by atoms with Crippen molar-refractivity contribution in [3.8, 4) is 22.9 Å². The SMILES string of the molecule is CC(C)(C)OC(=O)N1CC[C@H](Oc2ccc(-c3ccnc(NC(=O)C4CC4)c3)cc2C#N)C(F)(F)C1. The Morgan fingerprint density at radius 1 is 1.17 bits per heavy atom. The molecule has 2 fully saturated rings. The molecule has 1 aromatic carbocycles. The van der Waals surface area contributed by atoms with Crippen LogP contribution in [0.5, 0.6) is 5.75 Å². The van der Waals surface area contributed by atoms with Gasteiger partial charge in [-0.3, -0.25) is 4.79 Å². The highest BCUT2D eigenvalue weighted by Crippen LogP contribution is 2.35. The predicted molar refractivity (Wildman–Crippen MR) is 128 cm³/mol. The number of benzene rings is 1. The van der Waals surface area contributed by atoms with E-state index >= 15 is 0 Å². The van der Waals surface area contributed by atoms with Crippen molar-refractivity contribution in [1.82, 2.24) is 9.88 Å². The molecule has 0 radical (unpaired) electrons. The molecule has 8 nitrogen and oxygen atoms in total. The number of nitrogens with zero attached hydrogens (tertiary/aromatic N) is 3. The number of alkyl halides is 2. The minimum Gasteiger partial charge on any atom is -0.483 e. The number of nitrogens with one attached hydrogen (secondary N) is 1. The molecule has 36 heavy (non-hydrogen) atoms. The summed E-state index contributed by atoms with van der Waals surface area (Å²) in [5.41, 5.74) is 0.657. The fourth-order valence-corrected chi connectivity index (χ4v) is 3.85. The number of rotatable bonds is 5. The van der Waals surface area contributed by atoms with Gasteiger partial charge in [-0.15, -0.1) is 0 Å². The molecule has 1 aliphatic heterocycles. The van der Waals surface area contributed by atoms with Crippen molar-refractivity contribution in [2.45, 2.75) is 57.7 Å². The van der Waals surface area contributed by atoms with Crippen molar-refractivity contribution in [3.05, 3.63) is 42.1 Å². The first-order valence-corrected chi connectivity index (χ1v) is 11.8. The molecule has 1 N–H and O–H groups in total. The van der Waals surface area contributed by atoms with Crippen LogP contribution in [-0.2, 0) is 9.53 Å². The zero-order valence-electron chi connectivity index (χ0n) is 20.4. The molecule has 0 bridgehead atoms. The highest BCUT2D eigenvalue weighted by Gasteiger charge is 2.48. The van der Waals surface area contributed by atoms with E-state index in [-0.39, 0.29) is 36.1 Å². The van der Waals surface area contributed by atoms with E-state index in [9.17, 15) is 23.6 Å². The molecule has 1 atom stereocenters. The number of piperidine rings is 1. The third-order valence-corrected chi connectivity index (χ3v) is 5.85.